The Morgan fingerprint density at radius 2 is 2.00 bits per heavy atom. The van der Waals surface area contributed by atoms with Crippen LogP contribution < -0.4 is 0 Å². The highest BCUT2D eigenvalue weighted by Gasteiger charge is 2.41. The highest BCUT2D eigenvalue weighted by atomic mass is 16.2. The van der Waals surface area contributed by atoms with Crippen molar-refractivity contribution in [2.75, 3.05) is 0 Å². The summed E-state index contributed by atoms with van der Waals surface area (Å²) in [4.78, 5) is 30.2. The van der Waals surface area contributed by atoms with Crippen molar-refractivity contribution in [3.63, 3.8) is 0 Å². The summed E-state index contributed by atoms with van der Waals surface area (Å²) in [6.45, 7) is 7.12. The third-order valence-electron chi connectivity index (χ3n) is 6.16. The second-order valence-corrected chi connectivity index (χ2v) is 7.98. The normalized spacial score (nSPS) is 17.0. The summed E-state index contributed by atoms with van der Waals surface area (Å²) >= 11 is 0. The summed E-state index contributed by atoms with van der Waals surface area (Å²) in [5.74, 6) is 0.0362. The molecule has 0 radical (unpaired) electrons. The van der Waals surface area contributed by atoms with Gasteiger partial charge >= 0.3 is 0 Å². The van der Waals surface area contributed by atoms with E-state index in [0.717, 1.165) is 40.9 Å². The topological polar surface area (TPSA) is 58.4 Å². The van der Waals surface area contributed by atoms with E-state index >= 15 is 0 Å². The van der Waals surface area contributed by atoms with Crippen LogP contribution in [0.4, 0.5) is 0 Å². The molecule has 1 atom stereocenters. The molecule has 0 saturated heterocycles. The smallest absolute Gasteiger partial charge is 0.255 e. The maximum absolute atomic E-state index is 13.6. The lowest BCUT2D eigenvalue weighted by Gasteiger charge is -2.32. The number of hydrogen-bond donors (Lipinski definition) is 0. The van der Waals surface area contributed by atoms with E-state index in [0.29, 0.717) is 19.5 Å². The SMILES string of the molecule is CCC(C(=O)N(Cc1c(C)nn(C)c1C)C1CC1)N1Cc2ccccc2C1=O. The third-order valence-corrected chi connectivity index (χ3v) is 6.16. The first-order valence-electron chi connectivity index (χ1n) is 10.1. The van der Waals surface area contributed by atoms with Gasteiger partial charge in [-0.1, -0.05) is 25.1 Å². The van der Waals surface area contributed by atoms with E-state index in [2.05, 4.69) is 5.10 Å². The van der Waals surface area contributed by atoms with E-state index < -0.39 is 6.04 Å². The Labute approximate surface area is 166 Å². The molecule has 148 valence electrons. The second-order valence-electron chi connectivity index (χ2n) is 7.98. The number of amides is 2. The lowest BCUT2D eigenvalue weighted by molar-refractivity contribution is -0.137. The van der Waals surface area contributed by atoms with Crippen molar-refractivity contribution in [1.82, 2.24) is 19.6 Å². The van der Waals surface area contributed by atoms with Gasteiger partial charge in [-0.15, -0.1) is 0 Å². The van der Waals surface area contributed by atoms with Crippen molar-refractivity contribution < 1.29 is 9.59 Å². The minimum absolute atomic E-state index is 0.0275. The van der Waals surface area contributed by atoms with E-state index in [-0.39, 0.29) is 17.9 Å². The molecule has 1 saturated carbocycles. The maximum Gasteiger partial charge on any atom is 0.255 e. The predicted octanol–water partition coefficient (Wildman–Crippen LogP) is 2.96. The van der Waals surface area contributed by atoms with Crippen molar-refractivity contribution in [3.8, 4) is 0 Å². The highest BCUT2D eigenvalue weighted by Crippen LogP contribution is 2.33. The quantitative estimate of drug-likeness (QED) is 0.774. The predicted molar refractivity (Wildman–Crippen MR) is 107 cm³/mol. The van der Waals surface area contributed by atoms with Crippen molar-refractivity contribution in [2.24, 2.45) is 7.05 Å². The molecule has 1 fully saturated rings. The molecule has 2 heterocycles. The van der Waals surface area contributed by atoms with Crippen molar-refractivity contribution in [1.29, 1.82) is 0 Å². The van der Waals surface area contributed by atoms with E-state index in [1.54, 1.807) is 4.90 Å². The van der Waals surface area contributed by atoms with Gasteiger partial charge < -0.3 is 9.80 Å². The van der Waals surface area contributed by atoms with Gasteiger partial charge in [0.2, 0.25) is 5.91 Å². The average molecular weight is 380 g/mol. The number of aromatic nitrogens is 2. The molecular weight excluding hydrogens is 352 g/mol. The van der Waals surface area contributed by atoms with Crippen LogP contribution in [0, 0.1) is 13.8 Å². The number of hydrogen-bond acceptors (Lipinski definition) is 3. The Balaban J connectivity index is 1.59. The monoisotopic (exact) mass is 380 g/mol. The summed E-state index contributed by atoms with van der Waals surface area (Å²) in [5, 5.41) is 4.50. The Hall–Kier alpha value is -2.63. The number of carbonyl (C=O) groups excluding carboxylic acids is 2. The molecule has 6 heteroatoms. The van der Waals surface area contributed by atoms with Gasteiger partial charge in [-0.3, -0.25) is 14.3 Å². The molecule has 4 rings (SSSR count). The van der Waals surface area contributed by atoms with Gasteiger partial charge in [-0.05, 0) is 44.7 Å². The Kier molecular flexibility index (Phi) is 4.73. The molecular formula is C22H28N4O2. The molecule has 1 aromatic heterocycles. The van der Waals surface area contributed by atoms with Crippen molar-refractivity contribution in [3.05, 3.63) is 52.3 Å². The van der Waals surface area contributed by atoms with Crippen LogP contribution in [-0.2, 0) is 24.9 Å². The van der Waals surface area contributed by atoms with Gasteiger partial charge in [-0.2, -0.15) is 5.10 Å². The first kappa shape index (κ1) is 18.7. The first-order chi connectivity index (χ1) is 13.4. The van der Waals surface area contributed by atoms with Gasteiger partial charge in [0, 0.05) is 43.0 Å². The van der Waals surface area contributed by atoms with E-state index in [1.807, 2.05) is 61.7 Å². The molecule has 1 aromatic carbocycles. The van der Waals surface area contributed by atoms with Gasteiger partial charge in [0.25, 0.3) is 5.91 Å². The summed E-state index contributed by atoms with van der Waals surface area (Å²) in [7, 11) is 1.93. The van der Waals surface area contributed by atoms with Gasteiger partial charge in [0.15, 0.2) is 0 Å². The van der Waals surface area contributed by atoms with Gasteiger partial charge in [-0.25, -0.2) is 0 Å². The number of benzene rings is 1. The third kappa shape index (κ3) is 3.11. The zero-order valence-electron chi connectivity index (χ0n) is 17.1. The molecule has 0 bridgehead atoms. The fourth-order valence-electron chi connectivity index (χ4n) is 4.24. The van der Waals surface area contributed by atoms with Crippen LogP contribution in [0.5, 0.6) is 0 Å². The van der Waals surface area contributed by atoms with Crippen LogP contribution in [0.25, 0.3) is 0 Å². The standard InChI is InChI=1S/C22H28N4O2/c1-5-20(26-12-16-8-6-7-9-18(16)21(26)27)22(28)25(17-10-11-17)13-19-14(2)23-24(4)15(19)3/h6-9,17,20H,5,10-13H2,1-4H3. The molecule has 2 amide bonds. The Morgan fingerprint density at radius 3 is 2.57 bits per heavy atom. The fraction of sp³-hybridized carbons (Fsp3) is 0.500. The van der Waals surface area contributed by atoms with Gasteiger partial charge in [0.05, 0.1) is 5.69 Å². The molecule has 2 aromatic rings. The van der Waals surface area contributed by atoms with Gasteiger partial charge in [0.1, 0.15) is 6.04 Å². The van der Waals surface area contributed by atoms with E-state index in [1.165, 1.54) is 0 Å². The summed E-state index contributed by atoms with van der Waals surface area (Å²) in [5.41, 5.74) is 4.92. The summed E-state index contributed by atoms with van der Waals surface area (Å²) in [6.07, 6.45) is 2.69. The Morgan fingerprint density at radius 1 is 1.29 bits per heavy atom. The zero-order valence-corrected chi connectivity index (χ0v) is 17.1. The maximum atomic E-state index is 13.6. The molecule has 1 unspecified atom stereocenters. The van der Waals surface area contributed by atoms with Crippen LogP contribution >= 0.6 is 0 Å². The molecule has 6 nitrogen and oxygen atoms in total. The highest BCUT2D eigenvalue weighted by molar-refractivity contribution is 6.01. The zero-order chi connectivity index (χ0) is 20.0. The molecule has 1 aliphatic carbocycles. The van der Waals surface area contributed by atoms with Crippen LogP contribution in [-0.4, -0.2) is 43.5 Å². The summed E-state index contributed by atoms with van der Waals surface area (Å²) < 4.78 is 1.87. The number of aryl methyl sites for hydroxylation is 2. The minimum atomic E-state index is -0.419. The first-order valence-corrected chi connectivity index (χ1v) is 10.1. The van der Waals surface area contributed by atoms with E-state index in [4.69, 9.17) is 0 Å². The van der Waals surface area contributed by atoms with Crippen LogP contribution in [0.3, 0.4) is 0 Å². The lowest BCUT2D eigenvalue weighted by Crippen LogP contribution is -2.49. The average Bonchev–Trinajstić information content (AvgIpc) is 3.42. The van der Waals surface area contributed by atoms with Crippen molar-refractivity contribution in [2.45, 2.75) is 65.2 Å². The Bertz CT molecular complexity index is 929. The minimum Gasteiger partial charge on any atom is -0.333 e. The number of fused-ring (bicyclic) bond motifs is 1. The van der Waals surface area contributed by atoms with E-state index in [9.17, 15) is 9.59 Å². The number of carbonyl (C=O) groups is 2. The second kappa shape index (κ2) is 7.08. The molecule has 0 N–H and O–H groups in total. The van der Waals surface area contributed by atoms with Crippen LogP contribution in [0.1, 0.15) is 59.1 Å². The van der Waals surface area contributed by atoms with Crippen LogP contribution in [0.2, 0.25) is 0 Å². The summed E-state index contributed by atoms with van der Waals surface area (Å²) in [6, 6.07) is 7.52. The number of nitrogens with zero attached hydrogens (tertiary/aromatic N) is 4. The van der Waals surface area contributed by atoms with Crippen molar-refractivity contribution >= 4 is 11.8 Å². The molecule has 0 spiro atoms. The molecule has 1 aliphatic heterocycles. The molecule has 2 aliphatic rings. The largest absolute Gasteiger partial charge is 0.333 e. The lowest BCUT2D eigenvalue weighted by atomic mass is 10.1. The number of rotatable bonds is 6. The fourth-order valence-corrected chi connectivity index (χ4v) is 4.24. The molecule has 28 heavy (non-hydrogen) atoms. The van der Waals surface area contributed by atoms with Crippen LogP contribution in [0.15, 0.2) is 24.3 Å².